The highest BCUT2D eigenvalue weighted by atomic mass is 19.1. The molecular weight excluding hydrogens is 423 g/mol. The van der Waals surface area contributed by atoms with Gasteiger partial charge in [0, 0.05) is 38.0 Å². The lowest BCUT2D eigenvalue weighted by molar-refractivity contribution is -0.123. The van der Waals surface area contributed by atoms with Gasteiger partial charge < -0.3 is 15.2 Å². The molecule has 1 amide bonds. The Hall–Kier alpha value is -3.23. The fourth-order valence-electron chi connectivity index (χ4n) is 5.00. The number of hydrogen-bond donors (Lipinski definition) is 2. The van der Waals surface area contributed by atoms with Crippen LogP contribution in [0.15, 0.2) is 67.0 Å². The van der Waals surface area contributed by atoms with Crippen LogP contribution in [-0.2, 0) is 24.3 Å². The van der Waals surface area contributed by atoms with Gasteiger partial charge in [-0.15, -0.1) is 0 Å². The zero-order valence-electron chi connectivity index (χ0n) is 18.2. The normalized spacial score (nSPS) is 24.9. The summed E-state index contributed by atoms with van der Waals surface area (Å²) in [7, 11) is 0. The summed E-state index contributed by atoms with van der Waals surface area (Å²) in [5.74, 6) is -0.205. The number of aliphatic hydroxyl groups is 1. The van der Waals surface area contributed by atoms with Crippen LogP contribution in [0.5, 0.6) is 5.75 Å². The van der Waals surface area contributed by atoms with Crippen LogP contribution < -0.4 is 10.1 Å². The first-order chi connectivity index (χ1) is 16.1. The Kier molecular flexibility index (Phi) is 6.11. The second-order valence-corrected chi connectivity index (χ2v) is 8.70. The molecule has 2 N–H and O–H groups in total. The van der Waals surface area contributed by atoms with Crippen LogP contribution in [0.2, 0.25) is 0 Å². The Bertz CT molecular complexity index is 1110. The van der Waals surface area contributed by atoms with Crippen LogP contribution in [-0.4, -0.2) is 56.5 Å². The van der Waals surface area contributed by atoms with Crippen molar-refractivity contribution < 1.29 is 19.0 Å². The zero-order valence-corrected chi connectivity index (χ0v) is 18.2. The molecule has 0 bridgehead atoms. The molecule has 0 spiro atoms. The molecule has 1 fully saturated rings. The number of carbonyl (C=O) groups excluding carboxylic acids is 1. The highest BCUT2D eigenvalue weighted by Gasteiger charge is 2.47. The molecule has 0 unspecified atom stereocenters. The lowest BCUT2D eigenvalue weighted by Crippen LogP contribution is -2.55. The average Bonchev–Trinajstić information content (AvgIpc) is 3.41. The molecule has 172 valence electrons. The van der Waals surface area contributed by atoms with Gasteiger partial charge in [0.1, 0.15) is 30.3 Å². The lowest BCUT2D eigenvalue weighted by atomic mass is 9.97. The predicted octanol–water partition coefficient (Wildman–Crippen LogP) is 2.15. The summed E-state index contributed by atoms with van der Waals surface area (Å²) in [5, 5.41) is 18.5. The summed E-state index contributed by atoms with van der Waals surface area (Å²) >= 11 is 0. The molecule has 5 rings (SSSR count). The highest BCUT2D eigenvalue weighted by Crippen LogP contribution is 2.32. The van der Waals surface area contributed by atoms with E-state index in [1.165, 1.54) is 23.3 Å². The molecule has 7 nitrogen and oxygen atoms in total. The molecule has 8 heteroatoms. The average molecular weight is 451 g/mol. The maximum Gasteiger partial charge on any atom is 0.242 e. The van der Waals surface area contributed by atoms with Gasteiger partial charge in [0.2, 0.25) is 5.91 Å². The van der Waals surface area contributed by atoms with Gasteiger partial charge in [0.05, 0.1) is 12.1 Å². The van der Waals surface area contributed by atoms with Crippen molar-refractivity contribution in [3.05, 3.63) is 83.9 Å². The van der Waals surface area contributed by atoms with Crippen LogP contribution in [0, 0.1) is 5.82 Å². The highest BCUT2D eigenvalue weighted by molar-refractivity contribution is 5.76. The summed E-state index contributed by atoms with van der Waals surface area (Å²) in [6.07, 6.45) is 3.26. The maximum atomic E-state index is 13.7. The van der Waals surface area contributed by atoms with Crippen molar-refractivity contribution in [1.82, 2.24) is 20.0 Å². The SMILES string of the molecule is O=C(Cn1cccn1)N[C@@H]1C[C@@H](Oc2cccc(F)c2)[C@H](O)[C@H]1N1CCc2ccccc2C1. The largest absolute Gasteiger partial charge is 0.487 e. The van der Waals surface area contributed by atoms with E-state index in [4.69, 9.17) is 4.74 Å². The Labute approximate surface area is 191 Å². The number of carbonyl (C=O) groups is 1. The van der Waals surface area contributed by atoms with Crippen molar-refractivity contribution in [2.24, 2.45) is 0 Å². The third kappa shape index (κ3) is 4.77. The van der Waals surface area contributed by atoms with Crippen molar-refractivity contribution in [1.29, 1.82) is 0 Å². The summed E-state index contributed by atoms with van der Waals surface area (Å²) in [6.45, 7) is 1.57. The van der Waals surface area contributed by atoms with E-state index < -0.39 is 18.0 Å². The van der Waals surface area contributed by atoms with Gasteiger partial charge in [-0.05, 0) is 35.7 Å². The number of fused-ring (bicyclic) bond motifs is 1. The number of nitrogens with zero attached hydrogens (tertiary/aromatic N) is 3. The second kappa shape index (κ2) is 9.33. The topological polar surface area (TPSA) is 79.6 Å². The van der Waals surface area contributed by atoms with Crippen molar-refractivity contribution in [2.75, 3.05) is 6.54 Å². The number of amides is 1. The summed E-state index contributed by atoms with van der Waals surface area (Å²) in [5.41, 5.74) is 2.54. The molecule has 2 aromatic carbocycles. The van der Waals surface area contributed by atoms with Gasteiger partial charge in [-0.25, -0.2) is 4.39 Å². The summed E-state index contributed by atoms with van der Waals surface area (Å²) < 4.78 is 21.2. The van der Waals surface area contributed by atoms with Crippen LogP contribution >= 0.6 is 0 Å². The van der Waals surface area contributed by atoms with Gasteiger partial charge in [-0.2, -0.15) is 5.10 Å². The summed E-state index contributed by atoms with van der Waals surface area (Å²) in [4.78, 5) is 15.0. The van der Waals surface area contributed by atoms with E-state index in [0.29, 0.717) is 18.7 Å². The molecular formula is C25H27FN4O3. The fourth-order valence-corrected chi connectivity index (χ4v) is 5.00. The molecule has 1 aromatic heterocycles. The minimum absolute atomic E-state index is 0.102. The Morgan fingerprint density at radius 2 is 2.03 bits per heavy atom. The van der Waals surface area contributed by atoms with Crippen LogP contribution in [0.4, 0.5) is 4.39 Å². The molecule has 4 atom stereocenters. The van der Waals surface area contributed by atoms with E-state index in [2.05, 4.69) is 27.4 Å². The molecule has 3 aromatic rings. The molecule has 1 saturated carbocycles. The van der Waals surface area contributed by atoms with E-state index in [0.717, 1.165) is 13.0 Å². The lowest BCUT2D eigenvalue weighted by Gasteiger charge is -2.38. The first kappa shape index (κ1) is 21.6. The van der Waals surface area contributed by atoms with E-state index in [1.54, 1.807) is 35.3 Å². The second-order valence-electron chi connectivity index (χ2n) is 8.70. The molecule has 1 aliphatic heterocycles. The molecule has 2 heterocycles. The van der Waals surface area contributed by atoms with Crippen molar-refractivity contribution in [3.63, 3.8) is 0 Å². The van der Waals surface area contributed by atoms with Crippen LogP contribution in [0.25, 0.3) is 0 Å². The number of halogens is 1. The first-order valence-corrected chi connectivity index (χ1v) is 11.2. The molecule has 1 aliphatic carbocycles. The Morgan fingerprint density at radius 3 is 2.82 bits per heavy atom. The molecule has 2 aliphatic rings. The van der Waals surface area contributed by atoms with Crippen molar-refractivity contribution in [2.45, 2.75) is 50.2 Å². The number of hydrogen-bond acceptors (Lipinski definition) is 5. The quantitative estimate of drug-likeness (QED) is 0.602. The fraction of sp³-hybridized carbons (Fsp3) is 0.360. The van der Waals surface area contributed by atoms with Crippen molar-refractivity contribution in [3.8, 4) is 5.75 Å². The third-order valence-corrected chi connectivity index (χ3v) is 6.51. The third-order valence-electron chi connectivity index (χ3n) is 6.51. The smallest absolute Gasteiger partial charge is 0.242 e. The van der Waals surface area contributed by atoms with E-state index in [-0.39, 0.29) is 24.5 Å². The maximum absolute atomic E-state index is 13.7. The Morgan fingerprint density at radius 1 is 1.18 bits per heavy atom. The standard InChI is InChI=1S/C25H27FN4O3/c26-19-7-3-8-20(13-19)33-22-14-21(28-23(31)16-30-11-4-10-27-30)24(25(22)32)29-12-9-17-5-1-2-6-18(17)15-29/h1-8,10-11,13,21-22,24-25,32H,9,12,14-16H2,(H,28,31)/t21-,22-,24+,25+/m1/s1. The minimum atomic E-state index is -0.839. The number of aliphatic hydroxyl groups excluding tert-OH is 1. The van der Waals surface area contributed by atoms with Crippen LogP contribution in [0.1, 0.15) is 17.5 Å². The van der Waals surface area contributed by atoms with Gasteiger partial charge in [-0.1, -0.05) is 30.3 Å². The van der Waals surface area contributed by atoms with E-state index in [1.807, 2.05) is 12.1 Å². The predicted molar refractivity (Wildman–Crippen MR) is 120 cm³/mol. The van der Waals surface area contributed by atoms with Gasteiger partial charge in [0.15, 0.2) is 0 Å². The summed E-state index contributed by atoms with van der Waals surface area (Å²) in [6, 6.07) is 15.3. The van der Waals surface area contributed by atoms with Gasteiger partial charge >= 0.3 is 0 Å². The van der Waals surface area contributed by atoms with Crippen molar-refractivity contribution >= 4 is 5.91 Å². The van der Waals surface area contributed by atoms with E-state index in [9.17, 15) is 14.3 Å². The number of rotatable bonds is 6. The first-order valence-electron chi connectivity index (χ1n) is 11.2. The number of ether oxygens (including phenoxy) is 1. The Balaban J connectivity index is 1.35. The monoisotopic (exact) mass is 450 g/mol. The molecule has 33 heavy (non-hydrogen) atoms. The van der Waals surface area contributed by atoms with Gasteiger partial charge in [-0.3, -0.25) is 14.4 Å². The number of nitrogens with one attached hydrogen (secondary N) is 1. The van der Waals surface area contributed by atoms with Gasteiger partial charge in [0.25, 0.3) is 0 Å². The number of benzene rings is 2. The van der Waals surface area contributed by atoms with E-state index >= 15 is 0 Å². The molecule has 0 radical (unpaired) electrons. The number of aromatic nitrogens is 2. The zero-order chi connectivity index (χ0) is 22.8. The minimum Gasteiger partial charge on any atom is -0.487 e. The molecule has 0 saturated heterocycles. The van der Waals surface area contributed by atoms with Crippen LogP contribution in [0.3, 0.4) is 0 Å².